The Bertz CT molecular complexity index is 380. The molecule has 0 N–H and O–H groups in total. The van der Waals surface area contributed by atoms with E-state index in [4.69, 9.17) is 4.42 Å². The number of hydrogen-bond acceptors (Lipinski definition) is 2. The van der Waals surface area contributed by atoms with Crippen molar-refractivity contribution in [1.29, 1.82) is 0 Å². The maximum atomic E-state index is 5.12. The van der Waals surface area contributed by atoms with E-state index in [1.807, 2.05) is 30.2 Å². The highest BCUT2D eigenvalue weighted by molar-refractivity contribution is 7.99. The van der Waals surface area contributed by atoms with Gasteiger partial charge in [-0.05, 0) is 24.6 Å². The van der Waals surface area contributed by atoms with Gasteiger partial charge >= 0.3 is 0 Å². The van der Waals surface area contributed by atoms with Crippen molar-refractivity contribution in [3.8, 4) is 0 Å². The van der Waals surface area contributed by atoms with E-state index in [2.05, 4.69) is 31.2 Å². The van der Waals surface area contributed by atoms with E-state index in [1.165, 1.54) is 10.5 Å². The number of rotatable bonds is 4. The molecule has 1 unspecified atom stereocenters. The Morgan fingerprint density at radius 2 is 2.00 bits per heavy atom. The van der Waals surface area contributed by atoms with Crippen molar-refractivity contribution in [3.05, 3.63) is 54.5 Å². The van der Waals surface area contributed by atoms with E-state index in [1.54, 1.807) is 6.26 Å². The summed E-state index contributed by atoms with van der Waals surface area (Å²) in [7, 11) is 0. The summed E-state index contributed by atoms with van der Waals surface area (Å²) in [5.41, 5.74) is 1.27. The molecule has 0 radical (unpaired) electrons. The van der Waals surface area contributed by atoms with Crippen molar-refractivity contribution in [1.82, 2.24) is 0 Å². The lowest BCUT2D eigenvalue weighted by Gasteiger charge is -2.11. The van der Waals surface area contributed by atoms with Gasteiger partial charge < -0.3 is 4.42 Å². The van der Waals surface area contributed by atoms with Gasteiger partial charge in [-0.15, -0.1) is 11.8 Å². The largest absolute Gasteiger partial charge is 0.472 e. The minimum atomic E-state index is 0.492. The summed E-state index contributed by atoms with van der Waals surface area (Å²) in [6.45, 7) is 2.20. The normalized spacial score (nSPS) is 12.6. The van der Waals surface area contributed by atoms with E-state index in [9.17, 15) is 0 Å². The predicted molar refractivity (Wildman–Crippen MR) is 64.0 cm³/mol. The topological polar surface area (TPSA) is 13.1 Å². The molecule has 1 heterocycles. The first-order chi connectivity index (χ1) is 7.40. The molecule has 0 aliphatic heterocycles. The van der Waals surface area contributed by atoms with E-state index >= 15 is 0 Å². The van der Waals surface area contributed by atoms with E-state index in [0.29, 0.717) is 5.25 Å². The van der Waals surface area contributed by atoms with Crippen molar-refractivity contribution in [3.63, 3.8) is 0 Å². The second-order valence-corrected chi connectivity index (χ2v) is 4.66. The van der Waals surface area contributed by atoms with Crippen molar-refractivity contribution < 1.29 is 4.42 Å². The van der Waals surface area contributed by atoms with Crippen LogP contribution in [0.3, 0.4) is 0 Å². The Morgan fingerprint density at radius 1 is 1.20 bits per heavy atom. The quantitative estimate of drug-likeness (QED) is 0.700. The number of furan rings is 1. The predicted octanol–water partition coefficient (Wildman–Crippen LogP) is 4.52. The highest BCUT2D eigenvalue weighted by Gasteiger charge is 2.11. The average molecular weight is 218 g/mol. The summed E-state index contributed by atoms with van der Waals surface area (Å²) >= 11 is 1.89. The molecule has 0 aliphatic carbocycles. The van der Waals surface area contributed by atoms with Gasteiger partial charge in [0.1, 0.15) is 0 Å². The van der Waals surface area contributed by atoms with Crippen LogP contribution in [0.5, 0.6) is 0 Å². The van der Waals surface area contributed by atoms with Gasteiger partial charge in [0.15, 0.2) is 0 Å². The molecule has 2 rings (SSSR count). The Balaban J connectivity index is 2.10. The highest BCUT2D eigenvalue weighted by atomic mass is 32.2. The van der Waals surface area contributed by atoms with Crippen LogP contribution in [0.4, 0.5) is 0 Å². The van der Waals surface area contributed by atoms with Crippen molar-refractivity contribution in [2.24, 2.45) is 0 Å². The van der Waals surface area contributed by atoms with Gasteiger partial charge in [-0.3, -0.25) is 0 Å². The smallest absolute Gasteiger partial charge is 0.0945 e. The number of thioether (sulfide) groups is 1. The van der Waals surface area contributed by atoms with Gasteiger partial charge in [0.2, 0.25) is 0 Å². The Morgan fingerprint density at radius 3 is 2.60 bits per heavy atom. The molecule has 1 atom stereocenters. The van der Waals surface area contributed by atoms with Crippen LogP contribution in [-0.4, -0.2) is 0 Å². The monoisotopic (exact) mass is 218 g/mol. The van der Waals surface area contributed by atoms with Gasteiger partial charge in [-0.2, -0.15) is 0 Å². The Hall–Kier alpha value is -1.15. The Kier molecular flexibility index (Phi) is 3.51. The van der Waals surface area contributed by atoms with E-state index < -0.39 is 0 Å². The van der Waals surface area contributed by atoms with Crippen LogP contribution in [0.25, 0.3) is 0 Å². The Labute approximate surface area is 94.5 Å². The lowest BCUT2D eigenvalue weighted by atomic mass is 10.2. The molecule has 78 valence electrons. The molecule has 1 aromatic heterocycles. The third-order valence-electron chi connectivity index (χ3n) is 2.31. The van der Waals surface area contributed by atoms with Gasteiger partial charge in [0.05, 0.1) is 12.5 Å². The first-order valence-electron chi connectivity index (χ1n) is 5.14. The molecule has 0 aliphatic rings. The fraction of sp³-hybridized carbons (Fsp3) is 0.231. The third kappa shape index (κ3) is 2.66. The lowest BCUT2D eigenvalue weighted by Crippen LogP contribution is -1.89. The maximum Gasteiger partial charge on any atom is 0.0945 e. The van der Waals surface area contributed by atoms with Crippen LogP contribution >= 0.6 is 11.8 Å². The van der Waals surface area contributed by atoms with E-state index in [0.717, 1.165) is 6.42 Å². The van der Waals surface area contributed by atoms with Crippen LogP contribution in [-0.2, 0) is 0 Å². The second kappa shape index (κ2) is 5.08. The molecule has 0 fully saturated rings. The fourth-order valence-electron chi connectivity index (χ4n) is 1.51. The molecule has 1 nitrogen and oxygen atoms in total. The van der Waals surface area contributed by atoms with Gasteiger partial charge in [0, 0.05) is 15.7 Å². The van der Waals surface area contributed by atoms with Crippen LogP contribution < -0.4 is 0 Å². The molecule has 0 saturated carbocycles. The average Bonchev–Trinajstić information content (AvgIpc) is 2.81. The van der Waals surface area contributed by atoms with Gasteiger partial charge in [0.25, 0.3) is 0 Å². The number of benzene rings is 1. The van der Waals surface area contributed by atoms with Crippen LogP contribution in [0.15, 0.2) is 58.2 Å². The van der Waals surface area contributed by atoms with Crippen LogP contribution in [0, 0.1) is 0 Å². The third-order valence-corrected chi connectivity index (χ3v) is 3.74. The van der Waals surface area contributed by atoms with E-state index in [-0.39, 0.29) is 0 Å². The molecule has 0 saturated heterocycles. The molecular weight excluding hydrogens is 204 g/mol. The standard InChI is InChI=1S/C13H14OS/c1-2-13(11-8-9-14-10-11)15-12-6-4-3-5-7-12/h3-10,13H,2H2,1H3. The molecule has 0 bridgehead atoms. The SMILES string of the molecule is CCC(Sc1ccccc1)c1ccoc1. The first-order valence-corrected chi connectivity index (χ1v) is 6.02. The fourth-order valence-corrected chi connectivity index (χ4v) is 2.59. The minimum absolute atomic E-state index is 0.492. The molecule has 2 aromatic rings. The molecule has 0 spiro atoms. The van der Waals surface area contributed by atoms with Crippen LogP contribution in [0.1, 0.15) is 24.2 Å². The van der Waals surface area contributed by atoms with Crippen molar-refractivity contribution in [2.45, 2.75) is 23.5 Å². The lowest BCUT2D eigenvalue weighted by molar-refractivity contribution is 0.563. The summed E-state index contributed by atoms with van der Waals surface area (Å²) in [5, 5.41) is 0.492. The maximum absolute atomic E-state index is 5.12. The van der Waals surface area contributed by atoms with Crippen LogP contribution in [0.2, 0.25) is 0 Å². The molecule has 0 amide bonds. The summed E-state index contributed by atoms with van der Waals surface area (Å²) in [4.78, 5) is 1.31. The second-order valence-electron chi connectivity index (χ2n) is 3.38. The van der Waals surface area contributed by atoms with Gasteiger partial charge in [-0.25, -0.2) is 0 Å². The zero-order chi connectivity index (χ0) is 10.5. The minimum Gasteiger partial charge on any atom is -0.472 e. The van der Waals surface area contributed by atoms with Gasteiger partial charge in [-0.1, -0.05) is 25.1 Å². The summed E-state index contributed by atoms with van der Waals surface area (Å²) < 4.78 is 5.12. The highest BCUT2D eigenvalue weighted by Crippen LogP contribution is 2.37. The summed E-state index contributed by atoms with van der Waals surface area (Å²) in [6, 6.07) is 12.5. The summed E-state index contributed by atoms with van der Waals surface area (Å²) in [5.74, 6) is 0. The van der Waals surface area contributed by atoms with Crippen molar-refractivity contribution >= 4 is 11.8 Å². The van der Waals surface area contributed by atoms with Crippen molar-refractivity contribution in [2.75, 3.05) is 0 Å². The molecular formula is C13H14OS. The zero-order valence-corrected chi connectivity index (χ0v) is 9.54. The molecule has 2 heteroatoms. The summed E-state index contributed by atoms with van der Waals surface area (Å²) in [6.07, 6.45) is 4.69. The molecule has 15 heavy (non-hydrogen) atoms. The first kappa shape index (κ1) is 10.4. The molecule has 1 aromatic carbocycles. The zero-order valence-electron chi connectivity index (χ0n) is 8.72. The number of hydrogen-bond donors (Lipinski definition) is 0.